The van der Waals surface area contributed by atoms with Crippen LogP contribution in [0.4, 0.5) is 0 Å². The third-order valence-electron chi connectivity index (χ3n) is 2.54. The second kappa shape index (κ2) is 4.60. The molecule has 0 bridgehead atoms. The van der Waals surface area contributed by atoms with Gasteiger partial charge in [0.2, 0.25) is 0 Å². The second-order valence-corrected chi connectivity index (χ2v) is 4.75. The fourth-order valence-electron chi connectivity index (χ4n) is 0.998. The molecule has 14 heavy (non-hydrogen) atoms. The van der Waals surface area contributed by atoms with Crippen LogP contribution in [0.5, 0.6) is 0 Å². The van der Waals surface area contributed by atoms with Gasteiger partial charge in [0.1, 0.15) is 6.04 Å². The molecular weight excluding hydrogens is 178 g/mol. The van der Waals surface area contributed by atoms with Gasteiger partial charge in [-0.25, -0.2) is 4.79 Å². The summed E-state index contributed by atoms with van der Waals surface area (Å²) in [7, 11) is 6.24. The Morgan fingerprint density at radius 3 is 2.00 bits per heavy atom. The van der Waals surface area contributed by atoms with E-state index in [4.69, 9.17) is 4.74 Å². The molecule has 2 unspecified atom stereocenters. The van der Waals surface area contributed by atoms with E-state index in [0.29, 0.717) is 5.57 Å². The van der Waals surface area contributed by atoms with E-state index >= 15 is 0 Å². The molecule has 0 fully saturated rings. The Balaban J connectivity index is 4.29. The minimum atomic E-state index is -0.308. The number of ether oxygens (including phenoxy) is 1. The van der Waals surface area contributed by atoms with Crippen LogP contribution < -0.4 is 0 Å². The van der Waals surface area contributed by atoms with Gasteiger partial charge in [-0.05, 0) is 20.8 Å². The van der Waals surface area contributed by atoms with E-state index < -0.39 is 0 Å². The molecular formula is C11H22NO2+. The summed E-state index contributed by atoms with van der Waals surface area (Å²) >= 11 is 0. The van der Waals surface area contributed by atoms with Crippen molar-refractivity contribution in [3.8, 4) is 0 Å². The quantitative estimate of drug-likeness (QED) is 0.391. The Hall–Kier alpha value is -0.830. The summed E-state index contributed by atoms with van der Waals surface area (Å²) in [6.45, 7) is 9.19. The van der Waals surface area contributed by atoms with Crippen molar-refractivity contribution in [2.45, 2.75) is 32.9 Å². The summed E-state index contributed by atoms with van der Waals surface area (Å²) in [6, 6.07) is 0.262. The lowest BCUT2D eigenvalue weighted by Crippen LogP contribution is -2.50. The molecule has 0 aliphatic carbocycles. The fourth-order valence-corrected chi connectivity index (χ4v) is 0.998. The molecule has 0 rings (SSSR count). The SMILES string of the molecule is C=C(C)C(=O)OC(C)C(C)[N+](C)(C)C. The zero-order valence-corrected chi connectivity index (χ0v) is 10.1. The second-order valence-electron chi connectivity index (χ2n) is 4.75. The standard InChI is InChI=1S/C11H22NO2/c1-8(2)11(13)14-10(4)9(3)12(5,6)7/h9-10H,1H2,2-7H3/q+1. The molecule has 3 heteroatoms. The maximum absolute atomic E-state index is 11.3. The molecule has 0 aromatic rings. The number of rotatable bonds is 4. The molecule has 0 aromatic carbocycles. The van der Waals surface area contributed by atoms with Crippen molar-refractivity contribution >= 4 is 5.97 Å². The number of quaternary nitrogens is 1. The van der Waals surface area contributed by atoms with E-state index in [2.05, 4.69) is 34.6 Å². The molecule has 82 valence electrons. The highest BCUT2D eigenvalue weighted by atomic mass is 16.5. The molecule has 0 aromatic heterocycles. The third kappa shape index (κ3) is 3.92. The van der Waals surface area contributed by atoms with Gasteiger partial charge in [-0.3, -0.25) is 0 Å². The molecule has 2 atom stereocenters. The van der Waals surface area contributed by atoms with Crippen LogP contribution in [0.3, 0.4) is 0 Å². The van der Waals surface area contributed by atoms with Crippen molar-refractivity contribution in [2.75, 3.05) is 21.1 Å². The molecule has 0 spiro atoms. The van der Waals surface area contributed by atoms with Crippen LogP contribution in [-0.4, -0.2) is 43.7 Å². The van der Waals surface area contributed by atoms with Gasteiger partial charge in [-0.15, -0.1) is 0 Å². The third-order valence-corrected chi connectivity index (χ3v) is 2.54. The van der Waals surface area contributed by atoms with Gasteiger partial charge in [0.25, 0.3) is 0 Å². The van der Waals surface area contributed by atoms with Crippen LogP contribution in [0.1, 0.15) is 20.8 Å². The van der Waals surface area contributed by atoms with Gasteiger partial charge in [0, 0.05) is 5.57 Å². The summed E-state index contributed by atoms with van der Waals surface area (Å²) in [4.78, 5) is 11.3. The fraction of sp³-hybridized carbons (Fsp3) is 0.727. The number of carbonyl (C=O) groups excluding carboxylic acids is 1. The summed E-state index contributed by atoms with van der Waals surface area (Å²) < 4.78 is 6.01. The van der Waals surface area contributed by atoms with E-state index in [1.807, 2.05) is 6.92 Å². The average Bonchev–Trinajstić information content (AvgIpc) is 2.00. The van der Waals surface area contributed by atoms with Crippen molar-refractivity contribution in [1.82, 2.24) is 0 Å². The van der Waals surface area contributed by atoms with Crippen LogP contribution in [0.15, 0.2) is 12.2 Å². The van der Waals surface area contributed by atoms with E-state index in [9.17, 15) is 4.79 Å². The largest absolute Gasteiger partial charge is 0.453 e. The number of nitrogens with zero attached hydrogens (tertiary/aromatic N) is 1. The Bertz CT molecular complexity index is 228. The van der Waals surface area contributed by atoms with Gasteiger partial charge < -0.3 is 9.22 Å². The van der Waals surface area contributed by atoms with Crippen molar-refractivity contribution in [2.24, 2.45) is 0 Å². The van der Waals surface area contributed by atoms with Crippen molar-refractivity contribution in [3.05, 3.63) is 12.2 Å². The van der Waals surface area contributed by atoms with Crippen LogP contribution >= 0.6 is 0 Å². The number of hydrogen-bond acceptors (Lipinski definition) is 2. The van der Waals surface area contributed by atoms with E-state index in [0.717, 1.165) is 4.48 Å². The molecule has 0 radical (unpaired) electrons. The summed E-state index contributed by atoms with van der Waals surface area (Å²) in [5, 5.41) is 0. The Kier molecular flexibility index (Phi) is 4.33. The number of likely N-dealkylation sites (N-methyl/N-ethyl adjacent to an activating group) is 1. The lowest BCUT2D eigenvalue weighted by atomic mass is 10.1. The van der Waals surface area contributed by atoms with Gasteiger partial charge in [0.15, 0.2) is 6.10 Å². The van der Waals surface area contributed by atoms with Gasteiger partial charge in [-0.1, -0.05) is 6.58 Å². The topological polar surface area (TPSA) is 26.3 Å². The van der Waals surface area contributed by atoms with Crippen molar-refractivity contribution < 1.29 is 14.0 Å². The zero-order chi connectivity index (χ0) is 11.5. The van der Waals surface area contributed by atoms with Crippen molar-refractivity contribution in [1.29, 1.82) is 0 Å². The minimum Gasteiger partial charge on any atom is -0.453 e. The first-order chi connectivity index (χ1) is 6.16. The first-order valence-electron chi connectivity index (χ1n) is 4.84. The maximum atomic E-state index is 11.3. The zero-order valence-electron chi connectivity index (χ0n) is 10.1. The molecule has 0 saturated heterocycles. The minimum absolute atomic E-state index is 0.0980. The van der Waals surface area contributed by atoms with Crippen LogP contribution in [-0.2, 0) is 9.53 Å². The summed E-state index contributed by atoms with van der Waals surface area (Å²) in [5.74, 6) is -0.308. The smallest absolute Gasteiger partial charge is 0.333 e. The molecule has 0 heterocycles. The molecule has 0 N–H and O–H groups in total. The molecule has 3 nitrogen and oxygen atoms in total. The first kappa shape index (κ1) is 13.2. The molecule has 0 amide bonds. The van der Waals surface area contributed by atoms with Crippen LogP contribution in [0.2, 0.25) is 0 Å². The maximum Gasteiger partial charge on any atom is 0.333 e. The van der Waals surface area contributed by atoms with E-state index in [1.165, 1.54) is 0 Å². The number of carbonyl (C=O) groups is 1. The van der Waals surface area contributed by atoms with Gasteiger partial charge >= 0.3 is 5.97 Å². The Morgan fingerprint density at radius 1 is 1.29 bits per heavy atom. The van der Waals surface area contributed by atoms with Crippen LogP contribution in [0.25, 0.3) is 0 Å². The highest BCUT2D eigenvalue weighted by Crippen LogP contribution is 2.11. The Labute approximate surface area is 86.9 Å². The highest BCUT2D eigenvalue weighted by Gasteiger charge is 2.27. The molecule has 0 saturated carbocycles. The predicted molar refractivity (Wildman–Crippen MR) is 57.9 cm³/mol. The van der Waals surface area contributed by atoms with Gasteiger partial charge in [-0.2, -0.15) is 0 Å². The highest BCUT2D eigenvalue weighted by molar-refractivity contribution is 5.87. The monoisotopic (exact) mass is 200 g/mol. The Morgan fingerprint density at radius 2 is 1.71 bits per heavy atom. The van der Waals surface area contributed by atoms with E-state index in [-0.39, 0.29) is 18.1 Å². The molecule has 0 aliphatic heterocycles. The first-order valence-corrected chi connectivity index (χ1v) is 4.84. The number of esters is 1. The average molecular weight is 200 g/mol. The summed E-state index contributed by atoms with van der Waals surface area (Å²) in [6.07, 6.45) is -0.0980. The lowest BCUT2D eigenvalue weighted by molar-refractivity contribution is -0.897. The van der Waals surface area contributed by atoms with E-state index in [1.54, 1.807) is 6.92 Å². The lowest BCUT2D eigenvalue weighted by Gasteiger charge is -2.34. The van der Waals surface area contributed by atoms with Crippen LogP contribution in [0, 0.1) is 0 Å². The van der Waals surface area contributed by atoms with Crippen molar-refractivity contribution in [3.63, 3.8) is 0 Å². The summed E-state index contributed by atoms with van der Waals surface area (Å²) in [5.41, 5.74) is 0.449. The normalized spacial score (nSPS) is 15.9. The van der Waals surface area contributed by atoms with Gasteiger partial charge in [0.05, 0.1) is 21.1 Å². The predicted octanol–water partition coefficient (Wildman–Crippen LogP) is 1.59. The number of hydrogen-bond donors (Lipinski definition) is 0. The molecule has 0 aliphatic rings.